The van der Waals surface area contributed by atoms with Crippen molar-refractivity contribution < 1.29 is 30.4 Å². The first-order valence-corrected chi connectivity index (χ1v) is 5.52. The average Bonchev–Trinajstić information content (AvgIpc) is 2.28. The number of halogens is 5. The largest absolute Gasteiger partial charge is 0.232 e. The molecule has 8 heteroatoms. The predicted molar refractivity (Wildman–Crippen MR) is 50.4 cm³/mol. The van der Waals surface area contributed by atoms with E-state index < -0.39 is 51.1 Å². The van der Waals surface area contributed by atoms with E-state index in [0.29, 0.717) is 6.08 Å². The van der Waals surface area contributed by atoms with Crippen LogP contribution in [0.2, 0.25) is 0 Å². The molecule has 0 amide bonds. The summed E-state index contributed by atoms with van der Waals surface area (Å²) in [6.07, 6.45) is 1.31. The number of thiol groups is 1. The normalized spacial score (nSPS) is 11.6. The van der Waals surface area contributed by atoms with Gasteiger partial charge in [0, 0.05) is 0 Å². The van der Waals surface area contributed by atoms with Gasteiger partial charge in [-0.1, -0.05) is 12.2 Å². The van der Waals surface area contributed by atoms with E-state index in [1.54, 1.807) is 0 Å². The highest BCUT2D eigenvalue weighted by Crippen LogP contribution is 2.23. The van der Waals surface area contributed by atoms with Crippen LogP contribution in [0.5, 0.6) is 0 Å². The first-order valence-electron chi connectivity index (χ1n) is 4.16. The molecule has 0 aliphatic carbocycles. The topological polar surface area (TPSA) is 34.1 Å². The third-order valence-electron chi connectivity index (χ3n) is 1.78. The van der Waals surface area contributed by atoms with Gasteiger partial charge in [0.15, 0.2) is 23.3 Å². The van der Waals surface area contributed by atoms with Crippen LogP contribution in [-0.2, 0) is 10.7 Å². The molecule has 0 heterocycles. The van der Waals surface area contributed by atoms with E-state index in [1.165, 1.54) is 0 Å². The highest BCUT2D eigenvalue weighted by atomic mass is 32.2. The molecule has 0 N–H and O–H groups in total. The van der Waals surface area contributed by atoms with Gasteiger partial charge in [0.1, 0.15) is 10.7 Å². The van der Waals surface area contributed by atoms with Gasteiger partial charge in [0.05, 0.1) is 11.3 Å². The van der Waals surface area contributed by atoms with Crippen molar-refractivity contribution in [3.63, 3.8) is 0 Å². The van der Waals surface area contributed by atoms with Crippen LogP contribution in [0.1, 0.15) is 5.56 Å². The summed E-state index contributed by atoms with van der Waals surface area (Å²) in [6.45, 7) is 0. The maximum absolute atomic E-state index is 13.0. The predicted octanol–water partition coefficient (Wildman–Crippen LogP) is 2.01. The number of benzene rings is 1. The van der Waals surface area contributed by atoms with Gasteiger partial charge < -0.3 is 0 Å². The summed E-state index contributed by atoms with van der Waals surface area (Å²) < 4.78 is 84.2. The van der Waals surface area contributed by atoms with Gasteiger partial charge in [0.2, 0.25) is 5.82 Å². The Kier molecular flexibility index (Phi) is 4.22. The molecule has 1 aromatic rings. The Bertz CT molecular complexity index is 514. The molecule has 0 radical (unpaired) electrons. The average molecular weight is 272 g/mol. The van der Waals surface area contributed by atoms with Crippen LogP contribution in [0.3, 0.4) is 0 Å². The zero-order valence-electron chi connectivity index (χ0n) is 8.02. The lowest BCUT2D eigenvalue weighted by Crippen LogP contribution is -2.03. The third kappa shape index (κ3) is 2.82. The van der Waals surface area contributed by atoms with E-state index in [-0.39, 0.29) is 0 Å². The Hall–Kier alpha value is -1.44. The van der Waals surface area contributed by atoms with Crippen LogP contribution in [-0.4, -0.2) is 14.2 Å². The second-order valence-electron chi connectivity index (χ2n) is 2.90. The summed E-state index contributed by atoms with van der Waals surface area (Å²) in [4.78, 5) is 0. The summed E-state index contributed by atoms with van der Waals surface area (Å²) in [6, 6.07) is 0. The van der Waals surface area contributed by atoms with Crippen LogP contribution in [0, 0.1) is 29.1 Å². The van der Waals surface area contributed by atoms with Crippen molar-refractivity contribution in [2.75, 3.05) is 5.75 Å². The lowest BCUT2D eigenvalue weighted by Gasteiger charge is -2.03. The molecule has 17 heavy (non-hydrogen) atoms. The van der Waals surface area contributed by atoms with E-state index >= 15 is 0 Å². The number of hydrogen-bond acceptors (Lipinski definition) is 2. The van der Waals surface area contributed by atoms with Crippen molar-refractivity contribution in [2.24, 2.45) is 0 Å². The molecular formula is C9H5F5O2S. The number of hydrogen-bond donors (Lipinski definition) is 1. The van der Waals surface area contributed by atoms with Crippen molar-refractivity contribution in [3.8, 4) is 0 Å². The molecule has 0 aliphatic rings. The molecule has 0 fully saturated rings. The fraction of sp³-hybridized carbons (Fsp3) is 0.111. The van der Waals surface area contributed by atoms with Crippen LogP contribution in [0.4, 0.5) is 22.0 Å². The first kappa shape index (κ1) is 13.6. The maximum atomic E-state index is 13.0. The minimum absolute atomic E-state index is 0.529. The summed E-state index contributed by atoms with van der Waals surface area (Å²) >= 11 is 0. The summed E-state index contributed by atoms with van der Waals surface area (Å²) in [7, 11) is -2.83. The fourth-order valence-electron chi connectivity index (χ4n) is 1.02. The summed E-state index contributed by atoms with van der Waals surface area (Å²) in [5.41, 5.74) is -1.17. The molecule has 0 aromatic heterocycles. The lowest BCUT2D eigenvalue weighted by atomic mass is 10.1. The second kappa shape index (κ2) is 5.26. The maximum Gasteiger partial charge on any atom is 0.200 e. The van der Waals surface area contributed by atoms with Crippen molar-refractivity contribution in [3.05, 3.63) is 40.7 Å². The minimum Gasteiger partial charge on any atom is -0.232 e. The molecule has 2 nitrogen and oxygen atoms in total. The smallest absolute Gasteiger partial charge is 0.200 e. The summed E-state index contributed by atoms with van der Waals surface area (Å²) in [5, 5.41) is 0. The highest BCUT2D eigenvalue weighted by molar-refractivity contribution is 7.72. The quantitative estimate of drug-likeness (QED) is 0.395. The molecule has 0 spiro atoms. The van der Waals surface area contributed by atoms with Crippen LogP contribution in [0.25, 0.3) is 6.08 Å². The minimum atomic E-state index is -2.83. The van der Waals surface area contributed by atoms with Crippen LogP contribution >= 0.6 is 0 Å². The van der Waals surface area contributed by atoms with E-state index in [4.69, 9.17) is 0 Å². The zero-order chi connectivity index (χ0) is 13.2. The molecule has 0 saturated carbocycles. The molecule has 1 rings (SSSR count). The van der Waals surface area contributed by atoms with Gasteiger partial charge in [-0.05, 0) is 0 Å². The zero-order valence-corrected chi connectivity index (χ0v) is 8.91. The van der Waals surface area contributed by atoms with E-state index in [2.05, 4.69) is 0 Å². The number of rotatable bonds is 3. The molecule has 94 valence electrons. The van der Waals surface area contributed by atoms with Gasteiger partial charge in [-0.25, -0.2) is 30.4 Å². The molecule has 0 bridgehead atoms. The van der Waals surface area contributed by atoms with Gasteiger partial charge in [-0.3, -0.25) is 0 Å². The van der Waals surface area contributed by atoms with E-state index in [9.17, 15) is 30.4 Å². The Morgan fingerprint density at radius 1 is 0.824 bits per heavy atom. The van der Waals surface area contributed by atoms with Crippen LogP contribution in [0.15, 0.2) is 6.08 Å². The fourth-order valence-corrected chi connectivity index (χ4v) is 1.30. The Labute approximate surface area is 94.3 Å². The van der Waals surface area contributed by atoms with Gasteiger partial charge >= 0.3 is 0 Å². The van der Waals surface area contributed by atoms with Crippen LogP contribution < -0.4 is 0 Å². The Balaban J connectivity index is 3.29. The van der Waals surface area contributed by atoms with Gasteiger partial charge in [-0.2, -0.15) is 0 Å². The lowest BCUT2D eigenvalue weighted by molar-refractivity contribution is 0.377. The van der Waals surface area contributed by atoms with Gasteiger partial charge in [0.25, 0.3) is 0 Å². The van der Waals surface area contributed by atoms with Crippen molar-refractivity contribution in [2.45, 2.75) is 0 Å². The second-order valence-corrected chi connectivity index (χ2v) is 3.93. The van der Waals surface area contributed by atoms with E-state index in [1.807, 2.05) is 0 Å². The Morgan fingerprint density at radius 2 is 1.24 bits per heavy atom. The van der Waals surface area contributed by atoms with Crippen molar-refractivity contribution >= 4 is 16.8 Å². The van der Waals surface area contributed by atoms with Crippen molar-refractivity contribution in [1.82, 2.24) is 0 Å². The van der Waals surface area contributed by atoms with Gasteiger partial charge in [-0.15, -0.1) is 0 Å². The highest BCUT2D eigenvalue weighted by Gasteiger charge is 2.23. The molecule has 0 atom stereocenters. The standard InChI is InChI=1S/C9H5F5O2S/c10-5-4(2-1-3-17(15)16)6(11)8(13)9(14)7(5)12/h1-2,17H,3H2. The SMILES string of the molecule is O=[SH](=O)CC=Cc1c(F)c(F)c(F)c(F)c1F. The van der Waals surface area contributed by atoms with Crippen molar-refractivity contribution in [1.29, 1.82) is 0 Å². The summed E-state index contributed by atoms with van der Waals surface area (Å²) in [5.74, 6) is -11.0. The molecule has 0 saturated heterocycles. The Morgan fingerprint density at radius 3 is 1.65 bits per heavy atom. The third-order valence-corrected chi connectivity index (χ3v) is 2.29. The molecule has 0 aliphatic heterocycles. The molecule has 1 aromatic carbocycles. The first-order chi connectivity index (χ1) is 7.86. The molecular weight excluding hydrogens is 267 g/mol. The molecule has 0 unspecified atom stereocenters. The monoisotopic (exact) mass is 272 g/mol. The van der Waals surface area contributed by atoms with E-state index in [0.717, 1.165) is 6.08 Å².